The van der Waals surface area contributed by atoms with Crippen LogP contribution >= 0.6 is 24.4 Å². The van der Waals surface area contributed by atoms with Gasteiger partial charge in [0.15, 0.2) is 21.1 Å². The predicted molar refractivity (Wildman–Crippen MR) is 198 cm³/mol. The van der Waals surface area contributed by atoms with Crippen molar-refractivity contribution in [2.75, 3.05) is 14.1 Å². The first-order valence-electron chi connectivity index (χ1n) is 17.7. The number of rotatable bonds is 8. The van der Waals surface area contributed by atoms with Crippen LogP contribution in [-0.4, -0.2) is 81.9 Å². The van der Waals surface area contributed by atoms with Gasteiger partial charge in [0.25, 0.3) is 0 Å². The highest BCUT2D eigenvalue weighted by Gasteiger charge is 2.56. The van der Waals surface area contributed by atoms with Crippen molar-refractivity contribution in [1.82, 2.24) is 20.4 Å². The van der Waals surface area contributed by atoms with Crippen LogP contribution in [0, 0.1) is 0 Å². The van der Waals surface area contributed by atoms with Crippen LogP contribution < -0.4 is 10.6 Å². The van der Waals surface area contributed by atoms with Gasteiger partial charge in [0.2, 0.25) is 23.6 Å². The molecule has 4 amide bonds. The lowest BCUT2D eigenvalue weighted by atomic mass is 9.74. The average Bonchev–Trinajstić information content (AvgIpc) is 3.15. The first-order valence-corrected chi connectivity index (χ1v) is 18.5. The lowest BCUT2D eigenvalue weighted by molar-refractivity contribution is -0.158. The van der Waals surface area contributed by atoms with Crippen LogP contribution in [0.2, 0.25) is 0 Å². The normalized spacial score (nSPS) is 24.3. The van der Waals surface area contributed by atoms with Crippen molar-refractivity contribution in [2.45, 2.75) is 100 Å². The van der Waals surface area contributed by atoms with E-state index in [-0.39, 0.29) is 35.3 Å². The molecule has 2 saturated heterocycles. The predicted octanol–water partition coefficient (Wildman–Crippen LogP) is 4.13. The first kappa shape index (κ1) is 38.7. The maximum atomic E-state index is 13.1. The van der Waals surface area contributed by atoms with Gasteiger partial charge >= 0.3 is 11.9 Å². The minimum Gasteiger partial charge on any atom is -0.462 e. The summed E-state index contributed by atoms with van der Waals surface area (Å²) >= 11 is 10.1. The number of hydrogen-bond donors (Lipinski definition) is 2. The Morgan fingerprint density at radius 2 is 0.942 bits per heavy atom. The van der Waals surface area contributed by atoms with Gasteiger partial charge in [-0.15, -0.1) is 0 Å². The minimum absolute atomic E-state index is 0.0344. The Balaban J connectivity index is 0.000000201. The topological polar surface area (TPSA) is 151 Å². The van der Waals surface area contributed by atoms with Crippen LogP contribution in [0.3, 0.4) is 0 Å². The van der Waals surface area contributed by atoms with Gasteiger partial charge in [-0.05, 0) is 86.9 Å². The molecule has 0 bridgehead atoms. The molecule has 2 aromatic carbocycles. The van der Waals surface area contributed by atoms with Gasteiger partial charge < -0.3 is 20.1 Å². The zero-order valence-electron chi connectivity index (χ0n) is 29.4. The van der Waals surface area contributed by atoms with Gasteiger partial charge in [-0.3, -0.25) is 38.6 Å². The number of carbonyl (C=O) groups excluding carboxylic acids is 6. The second kappa shape index (κ2) is 16.8. The van der Waals surface area contributed by atoms with Gasteiger partial charge in [-0.25, -0.2) is 0 Å². The van der Waals surface area contributed by atoms with E-state index in [9.17, 15) is 28.8 Å². The van der Waals surface area contributed by atoms with Crippen LogP contribution in [0.4, 0.5) is 0 Å². The zero-order valence-corrected chi connectivity index (χ0v) is 31.0. The lowest BCUT2D eigenvalue weighted by Gasteiger charge is -2.39. The van der Waals surface area contributed by atoms with Crippen molar-refractivity contribution < 1.29 is 38.2 Å². The van der Waals surface area contributed by atoms with E-state index in [1.165, 1.54) is 23.9 Å². The monoisotopic (exact) mass is 748 g/mol. The minimum atomic E-state index is -1.66. The number of hydrogen-bond acceptors (Lipinski definition) is 10. The largest absolute Gasteiger partial charge is 0.462 e. The summed E-state index contributed by atoms with van der Waals surface area (Å²) < 4.78 is 11.2. The number of carbonyl (C=O) groups is 6. The summed E-state index contributed by atoms with van der Waals surface area (Å²) in [7, 11) is 2.99. The van der Waals surface area contributed by atoms with E-state index in [2.05, 4.69) is 10.6 Å². The van der Waals surface area contributed by atoms with E-state index in [4.69, 9.17) is 33.9 Å². The number of thiocarbonyl (C=S) groups is 2. The fourth-order valence-electron chi connectivity index (χ4n) is 7.25. The van der Waals surface area contributed by atoms with E-state index in [0.717, 1.165) is 64.2 Å². The average molecular weight is 749 g/mol. The molecule has 0 radical (unpaired) electrons. The third kappa shape index (κ3) is 8.07. The van der Waals surface area contributed by atoms with Crippen LogP contribution in [0.1, 0.15) is 88.2 Å². The summed E-state index contributed by atoms with van der Waals surface area (Å²) in [4.78, 5) is 79.5. The summed E-state index contributed by atoms with van der Waals surface area (Å²) in [6.07, 6.45) is 8.75. The van der Waals surface area contributed by atoms with Crippen molar-refractivity contribution in [3.8, 4) is 0 Å². The first-order chi connectivity index (χ1) is 24.9. The highest BCUT2D eigenvalue weighted by Crippen LogP contribution is 2.36. The quantitative estimate of drug-likeness (QED) is 0.229. The maximum absolute atomic E-state index is 13.1. The molecule has 2 aromatic rings. The highest BCUT2D eigenvalue weighted by atomic mass is 32.1. The summed E-state index contributed by atoms with van der Waals surface area (Å²) in [5, 5.41) is 5.16. The Labute approximate surface area is 313 Å². The summed E-state index contributed by atoms with van der Waals surface area (Å²) in [5.41, 5.74) is -2.41. The smallest absolute Gasteiger partial charge is 0.308 e. The van der Waals surface area contributed by atoms with Crippen molar-refractivity contribution in [3.63, 3.8) is 0 Å². The third-order valence-electron chi connectivity index (χ3n) is 10.2. The molecule has 2 aliphatic heterocycles. The molecule has 12 nitrogen and oxygen atoms in total. The SMILES string of the molecule is CN1C(=O)C(CC(=O)OC2CCCCC2)(c2ccccc2)C(=O)NC1=S.CN1C(=O)C(CC(=O)OC2CCCCC2)(c2ccccc2)C(=O)NC1=S. The molecule has 0 aromatic heterocycles. The number of nitrogens with one attached hydrogen (secondary N) is 2. The Morgan fingerprint density at radius 1 is 0.615 bits per heavy atom. The Kier molecular flexibility index (Phi) is 12.5. The lowest BCUT2D eigenvalue weighted by Crippen LogP contribution is -2.65. The van der Waals surface area contributed by atoms with Crippen LogP contribution in [-0.2, 0) is 49.1 Å². The van der Waals surface area contributed by atoms with E-state index in [0.29, 0.717) is 11.1 Å². The number of likely N-dealkylation sites (N-methyl/N-ethyl adjacent to an activating group) is 2. The molecule has 6 rings (SSSR count). The van der Waals surface area contributed by atoms with Gasteiger partial charge in [0.05, 0.1) is 12.8 Å². The zero-order chi connectivity index (χ0) is 37.5. The molecule has 14 heteroatoms. The summed E-state index contributed by atoms with van der Waals surface area (Å²) in [6.45, 7) is 0. The van der Waals surface area contributed by atoms with Gasteiger partial charge in [0, 0.05) is 14.1 Å². The van der Waals surface area contributed by atoms with Crippen molar-refractivity contribution >= 4 is 70.2 Å². The van der Waals surface area contributed by atoms with Gasteiger partial charge in [-0.2, -0.15) is 0 Å². The number of nitrogens with zero attached hydrogens (tertiary/aromatic N) is 2. The molecule has 0 spiro atoms. The second-order valence-electron chi connectivity index (χ2n) is 13.6. The molecular formula is C38H44N4O8S2. The maximum Gasteiger partial charge on any atom is 0.308 e. The molecule has 4 aliphatic rings. The van der Waals surface area contributed by atoms with Crippen LogP contribution in [0.5, 0.6) is 0 Å². The van der Waals surface area contributed by atoms with Crippen LogP contribution in [0.25, 0.3) is 0 Å². The molecule has 2 saturated carbocycles. The van der Waals surface area contributed by atoms with Crippen molar-refractivity contribution in [1.29, 1.82) is 0 Å². The summed E-state index contributed by atoms with van der Waals surface area (Å²) in [5.74, 6) is -3.28. The molecule has 2 aliphatic carbocycles. The van der Waals surface area contributed by atoms with E-state index < -0.39 is 46.4 Å². The van der Waals surface area contributed by atoms with E-state index in [1.807, 2.05) is 0 Å². The molecular weight excluding hydrogens is 705 g/mol. The second-order valence-corrected chi connectivity index (χ2v) is 14.4. The van der Waals surface area contributed by atoms with E-state index in [1.54, 1.807) is 60.7 Å². The Hall–Kier alpha value is -4.56. The molecule has 2 N–H and O–H groups in total. The fourth-order valence-corrected chi connectivity index (χ4v) is 7.60. The Bertz CT molecular complexity index is 1590. The molecule has 2 heterocycles. The molecule has 2 atom stereocenters. The Morgan fingerprint density at radius 3 is 1.27 bits per heavy atom. The molecule has 52 heavy (non-hydrogen) atoms. The molecule has 2 unspecified atom stereocenters. The number of ether oxygens (including phenoxy) is 2. The standard InChI is InChI=1S/2C19H22N2O4S/c2*1-21-17(24)19(16(23)20-18(21)26,13-8-4-2-5-9-13)12-15(22)25-14-10-6-3-7-11-14/h2*2,4-5,8-9,14H,3,6-7,10-12H2,1H3,(H,20,23,26). The number of amides is 4. The van der Waals surface area contributed by atoms with Gasteiger partial charge in [0.1, 0.15) is 12.2 Å². The van der Waals surface area contributed by atoms with E-state index >= 15 is 0 Å². The number of benzene rings is 2. The van der Waals surface area contributed by atoms with Crippen molar-refractivity contribution in [2.24, 2.45) is 0 Å². The summed E-state index contributed by atoms with van der Waals surface area (Å²) in [6, 6.07) is 17.2. The highest BCUT2D eigenvalue weighted by molar-refractivity contribution is 7.80. The fraction of sp³-hybridized carbons (Fsp3) is 0.474. The molecule has 4 fully saturated rings. The van der Waals surface area contributed by atoms with Crippen LogP contribution in [0.15, 0.2) is 60.7 Å². The number of esters is 2. The van der Waals surface area contributed by atoms with Gasteiger partial charge in [-0.1, -0.05) is 73.5 Å². The molecule has 276 valence electrons. The van der Waals surface area contributed by atoms with Crippen molar-refractivity contribution in [3.05, 3.63) is 71.8 Å². The third-order valence-corrected chi connectivity index (χ3v) is 11.0.